The Labute approximate surface area is 132 Å². The van der Waals surface area contributed by atoms with Crippen LogP contribution in [0.15, 0.2) is 18.2 Å². The average molecular weight is 356 g/mol. The molecule has 21 heavy (non-hydrogen) atoms. The van der Waals surface area contributed by atoms with Crippen LogP contribution in [0.4, 0.5) is 0 Å². The smallest absolute Gasteiger partial charge is 0.257 e. The lowest BCUT2D eigenvalue weighted by molar-refractivity contribution is -0.0560. The molecule has 0 aromatic heterocycles. The summed E-state index contributed by atoms with van der Waals surface area (Å²) < 4.78 is 16.9. The number of carbonyl (C=O) groups excluding carboxylic acids is 1. The Hall–Kier alpha value is -1.27. The van der Waals surface area contributed by atoms with Gasteiger partial charge >= 0.3 is 0 Å². The molecule has 5 nitrogen and oxygen atoms in total. The Kier molecular flexibility index (Phi) is 4.35. The van der Waals surface area contributed by atoms with Crippen LogP contribution >= 0.6 is 15.9 Å². The summed E-state index contributed by atoms with van der Waals surface area (Å²) in [6, 6.07) is 5.44. The molecule has 6 heteroatoms. The van der Waals surface area contributed by atoms with Gasteiger partial charge in [0.15, 0.2) is 11.5 Å². The first-order chi connectivity index (χ1) is 10.2. The van der Waals surface area contributed by atoms with Crippen LogP contribution in [0.3, 0.4) is 0 Å². The molecule has 2 heterocycles. The molecule has 0 aliphatic carbocycles. The zero-order valence-electron chi connectivity index (χ0n) is 11.9. The van der Waals surface area contributed by atoms with Gasteiger partial charge in [0.05, 0.1) is 17.8 Å². The van der Waals surface area contributed by atoms with Crippen molar-refractivity contribution in [2.45, 2.75) is 19.1 Å². The first-order valence-electron chi connectivity index (χ1n) is 7.08. The molecule has 1 aromatic carbocycles. The van der Waals surface area contributed by atoms with Crippen molar-refractivity contribution in [3.63, 3.8) is 0 Å². The second-order valence-electron chi connectivity index (χ2n) is 5.26. The first-order valence-corrected chi connectivity index (χ1v) is 8.20. The minimum Gasteiger partial charge on any atom is -0.486 e. The van der Waals surface area contributed by atoms with E-state index >= 15 is 0 Å². The van der Waals surface area contributed by atoms with E-state index in [1.165, 1.54) is 0 Å². The Balaban J connectivity index is 1.85. The third-order valence-electron chi connectivity index (χ3n) is 3.58. The predicted octanol–water partition coefficient (Wildman–Crippen LogP) is 2.08. The molecule has 2 unspecified atom stereocenters. The Morgan fingerprint density at radius 2 is 2.14 bits per heavy atom. The summed E-state index contributed by atoms with van der Waals surface area (Å²) in [4.78, 5) is 14.6. The lowest BCUT2D eigenvalue weighted by Crippen LogP contribution is -2.49. The predicted molar refractivity (Wildman–Crippen MR) is 81.5 cm³/mol. The minimum absolute atomic E-state index is 0.0226. The molecule has 0 spiro atoms. The third-order valence-corrected chi connectivity index (χ3v) is 4.30. The van der Waals surface area contributed by atoms with Crippen molar-refractivity contribution in [2.75, 3.05) is 31.6 Å². The molecule has 1 fully saturated rings. The summed E-state index contributed by atoms with van der Waals surface area (Å²) in [7, 11) is 0. The van der Waals surface area contributed by atoms with Gasteiger partial charge in [0.1, 0.15) is 13.2 Å². The number of hydrogen-bond donors (Lipinski definition) is 0. The van der Waals surface area contributed by atoms with Gasteiger partial charge in [-0.3, -0.25) is 4.79 Å². The largest absolute Gasteiger partial charge is 0.486 e. The van der Waals surface area contributed by atoms with Crippen LogP contribution in [-0.4, -0.2) is 54.6 Å². The van der Waals surface area contributed by atoms with Gasteiger partial charge in [0.2, 0.25) is 0 Å². The van der Waals surface area contributed by atoms with Crippen LogP contribution in [0.25, 0.3) is 0 Å². The fraction of sp³-hybridized carbons (Fsp3) is 0.533. The van der Waals surface area contributed by atoms with Crippen LogP contribution < -0.4 is 9.47 Å². The highest BCUT2D eigenvalue weighted by Gasteiger charge is 2.31. The second kappa shape index (κ2) is 6.23. The topological polar surface area (TPSA) is 48.0 Å². The maximum atomic E-state index is 12.8. The fourth-order valence-corrected chi connectivity index (χ4v) is 3.07. The highest BCUT2D eigenvalue weighted by Crippen LogP contribution is 2.34. The molecule has 1 aromatic rings. The maximum absolute atomic E-state index is 12.8. The molecule has 114 valence electrons. The molecule has 2 aliphatic rings. The molecule has 2 aliphatic heterocycles. The van der Waals surface area contributed by atoms with Crippen LogP contribution in [0.2, 0.25) is 0 Å². The monoisotopic (exact) mass is 355 g/mol. The van der Waals surface area contributed by atoms with Crippen LogP contribution in [0, 0.1) is 0 Å². The lowest BCUT2D eigenvalue weighted by Gasteiger charge is -2.36. The number of nitrogens with zero attached hydrogens (tertiary/aromatic N) is 1. The number of fused-ring (bicyclic) bond motifs is 1. The van der Waals surface area contributed by atoms with Crippen molar-refractivity contribution in [1.82, 2.24) is 4.90 Å². The van der Waals surface area contributed by atoms with Gasteiger partial charge in [-0.05, 0) is 19.1 Å². The summed E-state index contributed by atoms with van der Waals surface area (Å²) >= 11 is 3.42. The number of alkyl halides is 1. The Morgan fingerprint density at radius 1 is 1.33 bits per heavy atom. The molecule has 0 N–H and O–H groups in total. The molecule has 0 bridgehead atoms. The number of halogens is 1. The summed E-state index contributed by atoms with van der Waals surface area (Å²) in [5, 5.41) is 0.716. The number of amides is 1. The number of carbonyl (C=O) groups is 1. The highest BCUT2D eigenvalue weighted by molar-refractivity contribution is 9.09. The van der Waals surface area contributed by atoms with Crippen LogP contribution in [-0.2, 0) is 4.74 Å². The Bertz CT molecular complexity index is 536. The molecule has 0 saturated carbocycles. The van der Waals surface area contributed by atoms with E-state index in [1.54, 1.807) is 6.07 Å². The normalized spacial score (nSPS) is 24.8. The quantitative estimate of drug-likeness (QED) is 0.762. The van der Waals surface area contributed by atoms with Crippen molar-refractivity contribution in [2.24, 2.45) is 0 Å². The maximum Gasteiger partial charge on any atom is 0.257 e. The average Bonchev–Trinajstić information content (AvgIpc) is 2.53. The van der Waals surface area contributed by atoms with Gasteiger partial charge in [0.25, 0.3) is 5.91 Å². The van der Waals surface area contributed by atoms with Crippen molar-refractivity contribution < 1.29 is 19.0 Å². The molecule has 1 amide bonds. The number of benzene rings is 1. The second-order valence-corrected chi connectivity index (χ2v) is 5.91. The van der Waals surface area contributed by atoms with E-state index in [0.29, 0.717) is 48.7 Å². The summed E-state index contributed by atoms with van der Waals surface area (Å²) in [5.41, 5.74) is 0.564. The standard InChI is InChI=1S/C15H18BrNO4/c1-10-8-17(9-11(7-16)21-10)15(18)12-3-2-4-13-14(12)20-6-5-19-13/h2-4,10-11H,5-9H2,1H3. The van der Waals surface area contributed by atoms with E-state index in [0.717, 1.165) is 0 Å². The molecule has 3 rings (SSSR count). The Morgan fingerprint density at radius 3 is 2.95 bits per heavy atom. The van der Waals surface area contributed by atoms with E-state index in [-0.39, 0.29) is 18.1 Å². The zero-order chi connectivity index (χ0) is 14.8. The summed E-state index contributed by atoms with van der Waals surface area (Å²) in [5.74, 6) is 1.17. The van der Waals surface area contributed by atoms with Crippen molar-refractivity contribution >= 4 is 21.8 Å². The van der Waals surface area contributed by atoms with E-state index in [1.807, 2.05) is 24.0 Å². The first kappa shape index (κ1) is 14.7. The van der Waals surface area contributed by atoms with Crippen molar-refractivity contribution in [1.29, 1.82) is 0 Å². The van der Waals surface area contributed by atoms with E-state index < -0.39 is 0 Å². The number of para-hydroxylation sites is 1. The molecule has 1 saturated heterocycles. The SMILES string of the molecule is CC1CN(C(=O)c2cccc3c2OCCO3)CC(CBr)O1. The third kappa shape index (κ3) is 3.01. The minimum atomic E-state index is -0.0292. The van der Waals surface area contributed by atoms with Crippen LogP contribution in [0.5, 0.6) is 11.5 Å². The van der Waals surface area contributed by atoms with Gasteiger partial charge in [-0.2, -0.15) is 0 Å². The lowest BCUT2D eigenvalue weighted by atomic mass is 10.1. The summed E-state index contributed by atoms with van der Waals surface area (Å²) in [6.45, 7) is 4.15. The van der Waals surface area contributed by atoms with E-state index in [9.17, 15) is 4.79 Å². The zero-order valence-corrected chi connectivity index (χ0v) is 13.5. The van der Waals surface area contributed by atoms with Crippen LogP contribution in [0.1, 0.15) is 17.3 Å². The molecule has 0 radical (unpaired) electrons. The summed E-state index contributed by atoms with van der Waals surface area (Å²) in [6.07, 6.45) is 0.0522. The molecular formula is C15H18BrNO4. The van der Waals surface area contributed by atoms with E-state index in [2.05, 4.69) is 15.9 Å². The number of rotatable bonds is 2. The number of morpholine rings is 1. The fourth-order valence-electron chi connectivity index (χ4n) is 2.71. The number of ether oxygens (including phenoxy) is 3. The van der Waals surface area contributed by atoms with Gasteiger partial charge in [-0.25, -0.2) is 0 Å². The van der Waals surface area contributed by atoms with Crippen molar-refractivity contribution in [3.05, 3.63) is 23.8 Å². The van der Waals surface area contributed by atoms with Gasteiger partial charge < -0.3 is 19.1 Å². The molecule has 2 atom stereocenters. The van der Waals surface area contributed by atoms with Gasteiger partial charge in [-0.15, -0.1) is 0 Å². The molecular weight excluding hydrogens is 338 g/mol. The van der Waals surface area contributed by atoms with Crippen molar-refractivity contribution in [3.8, 4) is 11.5 Å². The highest BCUT2D eigenvalue weighted by atomic mass is 79.9. The van der Waals surface area contributed by atoms with Gasteiger partial charge in [-0.1, -0.05) is 22.0 Å². The number of hydrogen-bond acceptors (Lipinski definition) is 4. The van der Waals surface area contributed by atoms with Gasteiger partial charge in [0, 0.05) is 18.4 Å². The van der Waals surface area contributed by atoms with E-state index in [4.69, 9.17) is 14.2 Å².